The number of piperidine rings is 1. The monoisotopic (exact) mass is 521 g/mol. The normalized spacial score (nSPS) is 15.2. The molecule has 1 saturated heterocycles. The van der Waals surface area contributed by atoms with Crippen molar-refractivity contribution < 1.29 is 18.0 Å². The van der Waals surface area contributed by atoms with E-state index in [1.807, 2.05) is 48.9 Å². The Morgan fingerprint density at radius 2 is 1.82 bits per heavy atom. The van der Waals surface area contributed by atoms with Crippen LogP contribution in [0.5, 0.6) is 0 Å². The van der Waals surface area contributed by atoms with Crippen LogP contribution in [-0.4, -0.2) is 45.5 Å². The molecule has 0 spiro atoms. The lowest BCUT2D eigenvalue weighted by molar-refractivity contribution is -0.138. The molecule has 6 nitrogen and oxygen atoms in total. The Labute approximate surface area is 219 Å². The van der Waals surface area contributed by atoms with Crippen LogP contribution in [0.15, 0.2) is 61.1 Å². The van der Waals surface area contributed by atoms with Crippen LogP contribution in [-0.2, 0) is 23.8 Å². The van der Waals surface area contributed by atoms with E-state index in [0.29, 0.717) is 6.42 Å². The van der Waals surface area contributed by atoms with Gasteiger partial charge in [-0.1, -0.05) is 12.1 Å². The van der Waals surface area contributed by atoms with Crippen LogP contribution in [0.2, 0.25) is 0 Å². The lowest BCUT2D eigenvalue weighted by Crippen LogP contribution is -2.31. The van der Waals surface area contributed by atoms with Crippen LogP contribution in [0.25, 0.3) is 16.9 Å². The molecule has 1 amide bonds. The van der Waals surface area contributed by atoms with Gasteiger partial charge in [0.15, 0.2) is 5.65 Å². The summed E-state index contributed by atoms with van der Waals surface area (Å²) in [6, 6.07) is 13.5. The number of fused-ring (bicyclic) bond motifs is 1. The number of benzene rings is 2. The Morgan fingerprint density at radius 3 is 2.55 bits per heavy atom. The summed E-state index contributed by atoms with van der Waals surface area (Å²) in [6.07, 6.45) is 1.14. The van der Waals surface area contributed by atoms with Gasteiger partial charge in [0.1, 0.15) is 11.8 Å². The second-order valence-corrected chi connectivity index (χ2v) is 10.1. The van der Waals surface area contributed by atoms with Gasteiger partial charge in [-0.15, -0.1) is 0 Å². The maximum absolute atomic E-state index is 13.9. The molecule has 0 aliphatic carbocycles. The molecular formula is C29H30F3N5O. The fourth-order valence-electron chi connectivity index (χ4n) is 5.12. The standard InChI is InChI=1S/C29H30F3N5O/c1-19-14-24(37-18-34-26-4-3-11-33-28(26)37)8-6-21(19)16-27(38)35-23-7-5-22(25(17-23)29(30,31)32)15-20-9-12-36(2)13-10-20/h3-8,11,14,17-18,20H,9-10,12-13,15-16H2,1-2H3,(H,35,38). The molecule has 4 aromatic rings. The molecule has 0 bridgehead atoms. The first kappa shape index (κ1) is 25.9. The molecule has 38 heavy (non-hydrogen) atoms. The average Bonchev–Trinajstić information content (AvgIpc) is 3.31. The van der Waals surface area contributed by atoms with Crippen molar-refractivity contribution in [2.24, 2.45) is 5.92 Å². The van der Waals surface area contributed by atoms with Gasteiger partial charge in [0.05, 0.1) is 12.0 Å². The zero-order valence-electron chi connectivity index (χ0n) is 21.4. The first-order chi connectivity index (χ1) is 18.2. The molecule has 2 aromatic carbocycles. The number of pyridine rings is 1. The number of amides is 1. The van der Waals surface area contributed by atoms with Crippen molar-refractivity contribution in [2.75, 3.05) is 25.5 Å². The summed E-state index contributed by atoms with van der Waals surface area (Å²) in [5, 5.41) is 2.66. The number of anilines is 1. The summed E-state index contributed by atoms with van der Waals surface area (Å²) in [5.41, 5.74) is 3.83. The number of halogens is 3. The van der Waals surface area contributed by atoms with E-state index in [1.54, 1.807) is 18.6 Å². The zero-order chi connectivity index (χ0) is 26.9. The molecule has 2 aromatic heterocycles. The highest BCUT2D eigenvalue weighted by Crippen LogP contribution is 2.36. The van der Waals surface area contributed by atoms with E-state index >= 15 is 0 Å². The molecule has 1 aliphatic heterocycles. The molecule has 5 rings (SSSR count). The first-order valence-electron chi connectivity index (χ1n) is 12.7. The summed E-state index contributed by atoms with van der Waals surface area (Å²) >= 11 is 0. The van der Waals surface area contributed by atoms with Crippen LogP contribution in [0.1, 0.15) is 35.1 Å². The summed E-state index contributed by atoms with van der Waals surface area (Å²) in [6.45, 7) is 3.70. The average molecular weight is 522 g/mol. The molecule has 0 unspecified atom stereocenters. The Balaban J connectivity index is 1.29. The minimum atomic E-state index is -4.49. The van der Waals surface area contributed by atoms with Gasteiger partial charge in [-0.2, -0.15) is 13.2 Å². The summed E-state index contributed by atoms with van der Waals surface area (Å²) in [4.78, 5) is 23.7. The highest BCUT2D eigenvalue weighted by atomic mass is 19.4. The van der Waals surface area contributed by atoms with Crippen molar-refractivity contribution in [3.63, 3.8) is 0 Å². The number of imidazole rings is 1. The Bertz CT molecular complexity index is 1450. The Hall–Kier alpha value is -3.72. The van der Waals surface area contributed by atoms with Gasteiger partial charge in [0.2, 0.25) is 5.91 Å². The van der Waals surface area contributed by atoms with Crippen LogP contribution in [0.4, 0.5) is 18.9 Å². The number of carbonyl (C=O) groups is 1. The molecule has 1 fully saturated rings. The van der Waals surface area contributed by atoms with Gasteiger partial charge in [-0.25, -0.2) is 9.97 Å². The number of rotatable bonds is 6. The number of alkyl halides is 3. The van der Waals surface area contributed by atoms with Gasteiger partial charge < -0.3 is 10.2 Å². The van der Waals surface area contributed by atoms with Crippen molar-refractivity contribution in [1.29, 1.82) is 0 Å². The molecule has 198 valence electrons. The van der Waals surface area contributed by atoms with Crippen molar-refractivity contribution in [1.82, 2.24) is 19.4 Å². The van der Waals surface area contributed by atoms with E-state index in [1.165, 1.54) is 6.07 Å². The van der Waals surface area contributed by atoms with E-state index in [0.717, 1.165) is 60.0 Å². The summed E-state index contributed by atoms with van der Waals surface area (Å²) in [7, 11) is 2.03. The number of nitrogens with one attached hydrogen (secondary N) is 1. The SMILES string of the molecule is Cc1cc(-n2cnc3cccnc32)ccc1CC(=O)Nc1ccc(CC2CCN(C)CC2)c(C(F)(F)F)c1. The lowest BCUT2D eigenvalue weighted by Gasteiger charge is -2.29. The second kappa shape index (κ2) is 10.6. The highest BCUT2D eigenvalue weighted by molar-refractivity contribution is 5.92. The quantitative estimate of drug-likeness (QED) is 0.348. The Morgan fingerprint density at radius 1 is 1.05 bits per heavy atom. The van der Waals surface area contributed by atoms with Gasteiger partial charge in [-0.3, -0.25) is 9.36 Å². The van der Waals surface area contributed by atoms with Crippen molar-refractivity contribution in [3.05, 3.63) is 83.3 Å². The number of hydrogen-bond acceptors (Lipinski definition) is 4. The number of nitrogens with zero attached hydrogens (tertiary/aromatic N) is 4. The Kier molecular flexibility index (Phi) is 7.21. The predicted molar refractivity (Wildman–Crippen MR) is 141 cm³/mol. The van der Waals surface area contributed by atoms with Crippen LogP contribution in [0, 0.1) is 12.8 Å². The molecule has 0 atom stereocenters. The largest absolute Gasteiger partial charge is 0.416 e. The number of hydrogen-bond donors (Lipinski definition) is 1. The zero-order valence-corrected chi connectivity index (χ0v) is 21.4. The van der Waals surface area contributed by atoms with E-state index in [2.05, 4.69) is 20.2 Å². The molecule has 3 heterocycles. The molecule has 1 aliphatic rings. The fraction of sp³-hybridized carbons (Fsp3) is 0.345. The van der Waals surface area contributed by atoms with Crippen LogP contribution in [0.3, 0.4) is 0 Å². The topological polar surface area (TPSA) is 63.1 Å². The van der Waals surface area contributed by atoms with Gasteiger partial charge in [0, 0.05) is 17.6 Å². The van der Waals surface area contributed by atoms with Crippen molar-refractivity contribution in [3.8, 4) is 5.69 Å². The van der Waals surface area contributed by atoms with E-state index in [4.69, 9.17) is 0 Å². The van der Waals surface area contributed by atoms with Gasteiger partial charge in [0.25, 0.3) is 0 Å². The molecule has 0 saturated carbocycles. The third kappa shape index (κ3) is 5.72. The fourth-order valence-corrected chi connectivity index (χ4v) is 5.12. The summed E-state index contributed by atoms with van der Waals surface area (Å²) in [5.74, 6) is -0.137. The lowest BCUT2D eigenvalue weighted by atomic mass is 9.88. The first-order valence-corrected chi connectivity index (χ1v) is 12.7. The minimum Gasteiger partial charge on any atom is -0.326 e. The van der Waals surface area contributed by atoms with Gasteiger partial charge in [-0.05, 0) is 105 Å². The van der Waals surface area contributed by atoms with Crippen LogP contribution < -0.4 is 5.32 Å². The van der Waals surface area contributed by atoms with E-state index < -0.39 is 11.7 Å². The molecular weight excluding hydrogens is 491 g/mol. The maximum atomic E-state index is 13.9. The van der Waals surface area contributed by atoms with Gasteiger partial charge >= 0.3 is 6.18 Å². The third-order valence-electron chi connectivity index (χ3n) is 7.31. The molecule has 0 radical (unpaired) electrons. The third-order valence-corrected chi connectivity index (χ3v) is 7.31. The van der Waals surface area contributed by atoms with E-state index in [-0.39, 0.29) is 29.5 Å². The van der Waals surface area contributed by atoms with Crippen LogP contribution >= 0.6 is 0 Å². The molecule has 9 heteroatoms. The van der Waals surface area contributed by atoms with Crippen molar-refractivity contribution >= 4 is 22.8 Å². The minimum absolute atomic E-state index is 0.0493. The number of likely N-dealkylation sites (tertiary alicyclic amines) is 1. The maximum Gasteiger partial charge on any atom is 0.416 e. The molecule has 1 N–H and O–H groups in total. The second-order valence-electron chi connectivity index (χ2n) is 10.1. The highest BCUT2D eigenvalue weighted by Gasteiger charge is 2.34. The smallest absolute Gasteiger partial charge is 0.326 e. The van der Waals surface area contributed by atoms with E-state index in [9.17, 15) is 18.0 Å². The van der Waals surface area contributed by atoms with Crippen molar-refractivity contribution in [2.45, 2.75) is 38.8 Å². The number of aryl methyl sites for hydroxylation is 1. The number of aromatic nitrogens is 3. The summed E-state index contributed by atoms with van der Waals surface area (Å²) < 4.78 is 43.6. The number of carbonyl (C=O) groups excluding carboxylic acids is 1. The predicted octanol–water partition coefficient (Wildman–Crippen LogP) is 5.81.